The van der Waals surface area contributed by atoms with Crippen LogP contribution in [-0.2, 0) is 14.8 Å². The zero-order valence-electron chi connectivity index (χ0n) is 16.6. The Balaban J connectivity index is 1.53. The zero-order valence-corrected chi connectivity index (χ0v) is 18.3. The summed E-state index contributed by atoms with van der Waals surface area (Å²) >= 11 is 1.69. The van der Waals surface area contributed by atoms with Gasteiger partial charge in [0.25, 0.3) is 0 Å². The van der Waals surface area contributed by atoms with Crippen LogP contribution in [0, 0.1) is 0 Å². The van der Waals surface area contributed by atoms with Gasteiger partial charge in [-0.3, -0.25) is 9.69 Å². The molecule has 3 aliphatic rings. The Bertz CT molecular complexity index is 844. The van der Waals surface area contributed by atoms with E-state index in [-0.39, 0.29) is 5.91 Å². The molecule has 1 aromatic carbocycles. The fourth-order valence-corrected chi connectivity index (χ4v) is 7.14. The molecule has 6 nitrogen and oxygen atoms in total. The lowest BCUT2D eigenvalue weighted by Gasteiger charge is -2.37. The van der Waals surface area contributed by atoms with Crippen molar-refractivity contribution in [1.29, 1.82) is 0 Å². The van der Waals surface area contributed by atoms with Crippen LogP contribution in [0.25, 0.3) is 0 Å². The molecule has 1 saturated heterocycles. The molecular formula is C20H29N3O3S2. The van der Waals surface area contributed by atoms with E-state index in [1.165, 1.54) is 32.6 Å². The third kappa shape index (κ3) is 3.84. The first-order valence-electron chi connectivity index (χ1n) is 10.2. The first kappa shape index (κ1) is 20.2. The van der Waals surface area contributed by atoms with Crippen molar-refractivity contribution in [2.75, 3.05) is 37.6 Å². The lowest BCUT2D eigenvalue weighted by Crippen LogP contribution is -2.51. The number of benzene rings is 1. The first-order chi connectivity index (χ1) is 13.4. The molecule has 28 heavy (non-hydrogen) atoms. The van der Waals surface area contributed by atoms with E-state index in [4.69, 9.17) is 0 Å². The molecule has 1 amide bonds. The van der Waals surface area contributed by atoms with Gasteiger partial charge in [0.05, 0.1) is 10.6 Å². The summed E-state index contributed by atoms with van der Waals surface area (Å²) in [5.74, 6) is -0.0480. The van der Waals surface area contributed by atoms with E-state index < -0.39 is 10.0 Å². The summed E-state index contributed by atoms with van der Waals surface area (Å²) in [4.78, 5) is 17.5. The number of piperazine rings is 1. The van der Waals surface area contributed by atoms with E-state index in [0.717, 1.165) is 23.7 Å². The normalized spacial score (nSPS) is 25.1. The Morgan fingerprint density at radius 2 is 1.79 bits per heavy atom. The van der Waals surface area contributed by atoms with E-state index in [0.29, 0.717) is 35.8 Å². The minimum absolute atomic E-state index is 0.0480. The Morgan fingerprint density at radius 1 is 1.11 bits per heavy atom. The molecule has 1 aliphatic carbocycles. The summed E-state index contributed by atoms with van der Waals surface area (Å²) in [5.41, 5.74) is 0.723. The molecule has 1 saturated carbocycles. The zero-order chi connectivity index (χ0) is 19.9. The van der Waals surface area contributed by atoms with Gasteiger partial charge >= 0.3 is 0 Å². The van der Waals surface area contributed by atoms with E-state index in [2.05, 4.69) is 11.8 Å². The maximum absolute atomic E-state index is 13.2. The molecular weight excluding hydrogens is 394 g/mol. The smallest absolute Gasteiger partial charge is 0.243 e. The van der Waals surface area contributed by atoms with Crippen molar-refractivity contribution in [3.05, 3.63) is 18.2 Å². The monoisotopic (exact) mass is 423 g/mol. The Kier molecular flexibility index (Phi) is 5.75. The predicted molar refractivity (Wildman–Crippen MR) is 112 cm³/mol. The van der Waals surface area contributed by atoms with Gasteiger partial charge in [-0.05, 0) is 31.0 Å². The number of amides is 1. The highest BCUT2D eigenvalue weighted by atomic mass is 32.2. The highest BCUT2D eigenvalue weighted by molar-refractivity contribution is 8.00. The Morgan fingerprint density at radius 3 is 2.43 bits per heavy atom. The van der Waals surface area contributed by atoms with Crippen LogP contribution in [0.1, 0.15) is 39.5 Å². The highest BCUT2D eigenvalue weighted by Gasteiger charge is 2.33. The molecule has 1 aromatic rings. The molecule has 1 atom stereocenters. The van der Waals surface area contributed by atoms with Crippen molar-refractivity contribution in [3.8, 4) is 0 Å². The average molecular weight is 424 g/mol. The van der Waals surface area contributed by atoms with Crippen LogP contribution in [0.15, 0.2) is 28.0 Å². The van der Waals surface area contributed by atoms with Gasteiger partial charge in [-0.15, -0.1) is 11.8 Å². The lowest BCUT2D eigenvalue weighted by atomic mass is 10.2. The fourth-order valence-electron chi connectivity index (χ4n) is 4.60. The molecule has 2 fully saturated rings. The number of fused-ring (bicyclic) bond motifs is 1. The third-order valence-electron chi connectivity index (χ3n) is 6.12. The van der Waals surface area contributed by atoms with Crippen molar-refractivity contribution >= 4 is 33.4 Å². The third-order valence-corrected chi connectivity index (χ3v) is 9.17. The van der Waals surface area contributed by atoms with Gasteiger partial charge in [-0.1, -0.05) is 19.8 Å². The van der Waals surface area contributed by atoms with Gasteiger partial charge in [-0.25, -0.2) is 8.42 Å². The molecule has 154 valence electrons. The summed E-state index contributed by atoms with van der Waals surface area (Å²) in [5, 5.41) is 0.294. The number of sulfonamides is 1. The topological polar surface area (TPSA) is 60.9 Å². The number of hydrogen-bond acceptors (Lipinski definition) is 5. The van der Waals surface area contributed by atoms with Crippen molar-refractivity contribution in [2.45, 2.75) is 60.6 Å². The molecule has 0 N–H and O–H groups in total. The standard InChI is InChI=1S/C20H29N3O3S2/c1-15-14-23(16(2)24)19-13-18(7-8-20(19)27-15)28(25,26)22-11-9-21(10-12-22)17-5-3-4-6-17/h7-8,13,15,17H,3-6,9-12,14H2,1-2H3. The van der Waals surface area contributed by atoms with Crippen LogP contribution in [0.4, 0.5) is 5.69 Å². The van der Waals surface area contributed by atoms with Crippen molar-refractivity contribution in [1.82, 2.24) is 9.21 Å². The minimum Gasteiger partial charge on any atom is -0.310 e. The summed E-state index contributed by atoms with van der Waals surface area (Å²) < 4.78 is 28.1. The summed E-state index contributed by atoms with van der Waals surface area (Å²) in [6.07, 6.45) is 5.08. The van der Waals surface area contributed by atoms with E-state index in [1.807, 2.05) is 6.07 Å². The van der Waals surface area contributed by atoms with E-state index in [9.17, 15) is 13.2 Å². The van der Waals surface area contributed by atoms with Gasteiger partial charge in [0.2, 0.25) is 15.9 Å². The number of carbonyl (C=O) groups excluding carboxylic acids is 1. The fraction of sp³-hybridized carbons (Fsp3) is 0.650. The highest BCUT2D eigenvalue weighted by Crippen LogP contribution is 2.40. The molecule has 0 spiro atoms. The van der Waals surface area contributed by atoms with Crippen LogP contribution in [0.5, 0.6) is 0 Å². The number of rotatable bonds is 3. The molecule has 0 bridgehead atoms. The second-order valence-electron chi connectivity index (χ2n) is 8.07. The van der Waals surface area contributed by atoms with Crippen molar-refractivity contribution in [3.63, 3.8) is 0 Å². The minimum atomic E-state index is -3.55. The Hall–Kier alpha value is -1.09. The molecule has 1 unspecified atom stereocenters. The van der Waals surface area contributed by atoms with Crippen molar-refractivity contribution < 1.29 is 13.2 Å². The molecule has 8 heteroatoms. The van der Waals surface area contributed by atoms with Crippen LogP contribution in [0.3, 0.4) is 0 Å². The second-order valence-corrected chi connectivity index (χ2v) is 11.5. The van der Waals surface area contributed by atoms with Gasteiger partial charge in [0.1, 0.15) is 0 Å². The molecule has 2 heterocycles. The number of carbonyl (C=O) groups is 1. The molecule has 4 rings (SSSR count). The van der Waals surface area contributed by atoms with Crippen LogP contribution < -0.4 is 4.90 Å². The summed E-state index contributed by atoms with van der Waals surface area (Å²) in [6.45, 7) is 6.92. The summed E-state index contributed by atoms with van der Waals surface area (Å²) in [6, 6.07) is 5.87. The van der Waals surface area contributed by atoms with Crippen LogP contribution in [-0.4, -0.2) is 67.5 Å². The second kappa shape index (κ2) is 7.97. The van der Waals surface area contributed by atoms with Crippen LogP contribution in [0.2, 0.25) is 0 Å². The lowest BCUT2D eigenvalue weighted by molar-refractivity contribution is -0.116. The van der Waals surface area contributed by atoms with E-state index in [1.54, 1.807) is 33.1 Å². The first-order valence-corrected chi connectivity index (χ1v) is 12.5. The number of hydrogen-bond donors (Lipinski definition) is 0. The van der Waals surface area contributed by atoms with E-state index >= 15 is 0 Å². The molecule has 2 aliphatic heterocycles. The molecule has 0 radical (unpaired) electrons. The number of anilines is 1. The molecule has 0 aromatic heterocycles. The maximum Gasteiger partial charge on any atom is 0.243 e. The number of thioether (sulfide) groups is 1. The SMILES string of the molecule is CC(=O)N1CC(C)Sc2ccc(S(=O)(=O)N3CCN(C4CCCC4)CC3)cc21. The maximum atomic E-state index is 13.2. The summed E-state index contributed by atoms with van der Waals surface area (Å²) in [7, 11) is -3.55. The van der Waals surface area contributed by atoms with Crippen LogP contribution >= 0.6 is 11.8 Å². The quantitative estimate of drug-likeness (QED) is 0.748. The average Bonchev–Trinajstić information content (AvgIpc) is 3.21. The van der Waals surface area contributed by atoms with Crippen molar-refractivity contribution in [2.24, 2.45) is 0 Å². The van der Waals surface area contributed by atoms with Gasteiger partial charge < -0.3 is 4.90 Å². The number of nitrogens with zero attached hydrogens (tertiary/aromatic N) is 3. The van der Waals surface area contributed by atoms with Gasteiger partial charge in [0, 0.05) is 55.8 Å². The van der Waals surface area contributed by atoms with Gasteiger partial charge in [0.15, 0.2) is 0 Å². The predicted octanol–water partition coefficient (Wildman–Crippen LogP) is 2.78. The Labute approximate surface area is 172 Å². The van der Waals surface area contributed by atoms with Gasteiger partial charge in [-0.2, -0.15) is 4.31 Å². The largest absolute Gasteiger partial charge is 0.310 e.